The van der Waals surface area contributed by atoms with E-state index in [1.807, 2.05) is 6.92 Å². The Hall–Kier alpha value is -1.02. The van der Waals surface area contributed by atoms with Crippen LogP contribution in [-0.2, 0) is 0 Å². The molecule has 0 aliphatic heterocycles. The maximum Gasteiger partial charge on any atom is 0.252 e. The number of amides is 1. The van der Waals surface area contributed by atoms with Crippen molar-refractivity contribution in [3.05, 3.63) is 34.9 Å². The molecule has 1 aromatic carbocycles. The van der Waals surface area contributed by atoms with Crippen molar-refractivity contribution >= 4 is 17.5 Å². The van der Waals surface area contributed by atoms with Crippen LogP contribution in [0.15, 0.2) is 18.2 Å². The number of hydrogen-bond acceptors (Lipinski definition) is 1. The van der Waals surface area contributed by atoms with Gasteiger partial charge >= 0.3 is 0 Å². The van der Waals surface area contributed by atoms with Crippen LogP contribution in [0.5, 0.6) is 0 Å². The molecule has 0 saturated heterocycles. The third-order valence-electron chi connectivity index (χ3n) is 1.39. The summed E-state index contributed by atoms with van der Waals surface area (Å²) in [5, 5.41) is 3.12. The Morgan fingerprint density at radius 2 is 2.50 bits per heavy atom. The highest BCUT2D eigenvalue weighted by atomic mass is 35.5. The molecular weight excluding hydrogens is 174 g/mol. The molecule has 1 N–H and O–H groups in total. The van der Waals surface area contributed by atoms with Gasteiger partial charge in [-0.25, -0.2) is 0 Å². The van der Waals surface area contributed by atoms with E-state index in [2.05, 4.69) is 11.4 Å². The van der Waals surface area contributed by atoms with Crippen LogP contribution in [0.3, 0.4) is 0 Å². The second kappa shape index (κ2) is 4.12. The monoisotopic (exact) mass is 182 g/mol. The quantitative estimate of drug-likeness (QED) is 0.744. The van der Waals surface area contributed by atoms with Gasteiger partial charge in [0.05, 0.1) is 10.6 Å². The predicted octanol–water partition coefficient (Wildman–Crippen LogP) is 1.89. The summed E-state index contributed by atoms with van der Waals surface area (Å²) in [5.74, 6) is -0.153. The zero-order valence-electron chi connectivity index (χ0n) is 6.73. The predicted molar refractivity (Wildman–Crippen MR) is 48.3 cm³/mol. The Morgan fingerprint density at radius 1 is 1.75 bits per heavy atom. The molecule has 0 atom stereocenters. The fourth-order valence-corrected chi connectivity index (χ4v) is 1.04. The van der Waals surface area contributed by atoms with Gasteiger partial charge < -0.3 is 5.32 Å². The minimum absolute atomic E-state index is 0.153. The first kappa shape index (κ1) is 9.07. The molecule has 63 valence electrons. The third-order valence-corrected chi connectivity index (χ3v) is 1.72. The summed E-state index contributed by atoms with van der Waals surface area (Å²) in [4.78, 5) is 11.2. The van der Waals surface area contributed by atoms with E-state index in [9.17, 15) is 4.79 Å². The van der Waals surface area contributed by atoms with E-state index in [-0.39, 0.29) is 5.91 Å². The van der Waals surface area contributed by atoms with E-state index in [1.54, 1.807) is 18.2 Å². The second-order valence-electron chi connectivity index (χ2n) is 2.27. The van der Waals surface area contributed by atoms with Crippen LogP contribution in [0.4, 0.5) is 0 Å². The lowest BCUT2D eigenvalue weighted by atomic mass is 10.2. The minimum Gasteiger partial charge on any atom is -0.352 e. The fraction of sp³-hybridized carbons (Fsp3) is 0.222. The van der Waals surface area contributed by atoms with Crippen molar-refractivity contribution in [1.29, 1.82) is 0 Å². The van der Waals surface area contributed by atoms with Gasteiger partial charge in [0, 0.05) is 6.54 Å². The molecule has 0 heterocycles. The third kappa shape index (κ3) is 1.98. The number of rotatable bonds is 2. The summed E-state index contributed by atoms with van der Waals surface area (Å²) in [6.45, 7) is 2.46. The van der Waals surface area contributed by atoms with Gasteiger partial charge in [-0.05, 0) is 25.1 Å². The molecule has 1 rings (SSSR count). The van der Waals surface area contributed by atoms with Crippen LogP contribution < -0.4 is 5.32 Å². The largest absolute Gasteiger partial charge is 0.352 e. The summed E-state index contributed by atoms with van der Waals surface area (Å²) in [6, 6.07) is 7.69. The molecule has 0 aliphatic carbocycles. The molecule has 3 heteroatoms. The second-order valence-corrected chi connectivity index (χ2v) is 2.67. The van der Waals surface area contributed by atoms with E-state index in [4.69, 9.17) is 11.6 Å². The van der Waals surface area contributed by atoms with Crippen LogP contribution in [-0.4, -0.2) is 12.5 Å². The molecular formula is C9H9ClNO. The molecule has 0 saturated carbocycles. The van der Waals surface area contributed by atoms with Crippen LogP contribution in [0.1, 0.15) is 17.3 Å². The molecule has 0 unspecified atom stereocenters. The van der Waals surface area contributed by atoms with Crippen LogP contribution in [0, 0.1) is 6.07 Å². The molecule has 0 spiro atoms. The summed E-state index contributed by atoms with van der Waals surface area (Å²) < 4.78 is 0. The highest BCUT2D eigenvalue weighted by molar-refractivity contribution is 6.33. The van der Waals surface area contributed by atoms with Crippen molar-refractivity contribution < 1.29 is 4.79 Å². The van der Waals surface area contributed by atoms with Crippen molar-refractivity contribution in [1.82, 2.24) is 5.32 Å². The Labute approximate surface area is 76.5 Å². The number of nitrogens with one attached hydrogen (secondary N) is 1. The average molecular weight is 183 g/mol. The highest BCUT2D eigenvalue weighted by Crippen LogP contribution is 2.13. The van der Waals surface area contributed by atoms with Crippen molar-refractivity contribution in [2.24, 2.45) is 0 Å². The van der Waals surface area contributed by atoms with Gasteiger partial charge in [-0.3, -0.25) is 4.79 Å². The van der Waals surface area contributed by atoms with Gasteiger partial charge in [-0.2, -0.15) is 0 Å². The summed E-state index contributed by atoms with van der Waals surface area (Å²) in [5.41, 5.74) is 0.473. The van der Waals surface area contributed by atoms with Gasteiger partial charge in [0.2, 0.25) is 0 Å². The molecule has 1 amide bonds. The van der Waals surface area contributed by atoms with Crippen molar-refractivity contribution in [2.45, 2.75) is 6.92 Å². The minimum atomic E-state index is -0.153. The molecule has 0 aliphatic rings. The van der Waals surface area contributed by atoms with Gasteiger partial charge in [-0.1, -0.05) is 17.7 Å². The number of carbonyl (C=O) groups excluding carboxylic acids is 1. The van der Waals surface area contributed by atoms with Crippen LogP contribution in [0.2, 0.25) is 5.02 Å². The lowest BCUT2D eigenvalue weighted by Gasteiger charge is -2.02. The normalized spacial score (nSPS) is 9.50. The first-order valence-corrected chi connectivity index (χ1v) is 4.07. The Morgan fingerprint density at radius 3 is 3.08 bits per heavy atom. The molecule has 1 radical (unpaired) electrons. The number of carbonyl (C=O) groups is 1. The fourth-order valence-electron chi connectivity index (χ4n) is 0.841. The van der Waals surface area contributed by atoms with E-state index >= 15 is 0 Å². The number of benzene rings is 1. The Bertz CT molecular complexity index is 286. The molecule has 0 fully saturated rings. The van der Waals surface area contributed by atoms with Crippen molar-refractivity contribution in [3.8, 4) is 0 Å². The summed E-state index contributed by atoms with van der Waals surface area (Å²) in [7, 11) is 0. The molecule has 1 aromatic rings. The van der Waals surface area contributed by atoms with E-state index in [0.717, 1.165) is 0 Å². The zero-order chi connectivity index (χ0) is 8.97. The highest BCUT2D eigenvalue weighted by Gasteiger charge is 2.06. The lowest BCUT2D eigenvalue weighted by Crippen LogP contribution is -2.22. The summed E-state index contributed by atoms with van der Waals surface area (Å²) >= 11 is 5.77. The maximum absolute atomic E-state index is 11.2. The smallest absolute Gasteiger partial charge is 0.252 e. The van der Waals surface area contributed by atoms with Crippen molar-refractivity contribution in [2.75, 3.05) is 6.54 Å². The van der Waals surface area contributed by atoms with E-state index in [1.165, 1.54) is 0 Å². The van der Waals surface area contributed by atoms with Gasteiger partial charge in [-0.15, -0.1) is 0 Å². The SMILES string of the molecule is CCNC(=O)c1c[c]ccc1Cl. The van der Waals surface area contributed by atoms with Gasteiger partial charge in [0.15, 0.2) is 0 Å². The average Bonchev–Trinajstić information content (AvgIpc) is 2.05. The molecule has 2 nitrogen and oxygen atoms in total. The Balaban J connectivity index is 2.87. The number of halogens is 1. The molecule has 12 heavy (non-hydrogen) atoms. The number of hydrogen-bond donors (Lipinski definition) is 1. The topological polar surface area (TPSA) is 29.1 Å². The van der Waals surface area contributed by atoms with Crippen LogP contribution in [0.25, 0.3) is 0 Å². The van der Waals surface area contributed by atoms with Crippen molar-refractivity contribution in [3.63, 3.8) is 0 Å². The Kier molecular flexibility index (Phi) is 3.11. The zero-order valence-corrected chi connectivity index (χ0v) is 7.48. The van der Waals surface area contributed by atoms with E-state index < -0.39 is 0 Å². The molecule has 0 bridgehead atoms. The summed E-state index contributed by atoms with van der Waals surface area (Å²) in [6.07, 6.45) is 0. The van der Waals surface area contributed by atoms with Crippen LogP contribution >= 0.6 is 11.6 Å². The molecule has 0 aromatic heterocycles. The van der Waals surface area contributed by atoms with E-state index in [0.29, 0.717) is 17.1 Å². The first-order chi connectivity index (χ1) is 5.75. The standard InChI is InChI=1S/C9H9ClNO/c1-2-11-9(12)7-5-3-4-6-8(7)10/h4-6H,2H2,1H3,(H,11,12). The maximum atomic E-state index is 11.2. The van der Waals surface area contributed by atoms with Gasteiger partial charge in [0.1, 0.15) is 0 Å². The lowest BCUT2D eigenvalue weighted by molar-refractivity contribution is 0.0956. The first-order valence-electron chi connectivity index (χ1n) is 3.69. The van der Waals surface area contributed by atoms with Gasteiger partial charge in [0.25, 0.3) is 5.91 Å².